The third kappa shape index (κ3) is 8.51. The van der Waals surface area contributed by atoms with Crippen LogP contribution in [0.15, 0.2) is 66.7 Å². The van der Waals surface area contributed by atoms with Gasteiger partial charge in [-0.3, -0.25) is 13.9 Å². The monoisotopic (exact) mass is 621 g/mol. The molecule has 0 heterocycles. The van der Waals surface area contributed by atoms with Gasteiger partial charge >= 0.3 is 0 Å². The van der Waals surface area contributed by atoms with Crippen molar-refractivity contribution in [2.45, 2.75) is 25.9 Å². The summed E-state index contributed by atoms with van der Waals surface area (Å²) in [5.74, 6) is -0.364. The van der Waals surface area contributed by atoms with Crippen molar-refractivity contribution in [2.24, 2.45) is 0 Å². The van der Waals surface area contributed by atoms with Gasteiger partial charge in [0.25, 0.3) is 0 Å². The van der Waals surface area contributed by atoms with Crippen molar-refractivity contribution in [3.05, 3.63) is 87.9 Å². The molecule has 0 fully saturated rings. The number of benzene rings is 3. The molecular weight excluding hydrogens is 589 g/mol. The number of rotatable bonds is 13. The van der Waals surface area contributed by atoms with E-state index in [1.54, 1.807) is 31.2 Å². The van der Waals surface area contributed by atoms with Crippen molar-refractivity contribution in [1.29, 1.82) is 0 Å². The molecule has 12 heteroatoms. The van der Waals surface area contributed by atoms with Gasteiger partial charge in [0.15, 0.2) is 0 Å². The molecule has 3 aromatic rings. The Morgan fingerprint density at radius 1 is 0.976 bits per heavy atom. The van der Waals surface area contributed by atoms with Gasteiger partial charge in [-0.15, -0.1) is 0 Å². The van der Waals surface area contributed by atoms with E-state index in [0.717, 1.165) is 16.1 Å². The van der Waals surface area contributed by atoms with Gasteiger partial charge in [0.2, 0.25) is 21.8 Å². The van der Waals surface area contributed by atoms with Crippen molar-refractivity contribution < 1.29 is 27.5 Å². The van der Waals surface area contributed by atoms with Crippen LogP contribution in [0.25, 0.3) is 0 Å². The third-order valence-corrected chi connectivity index (χ3v) is 8.03. The van der Waals surface area contributed by atoms with E-state index in [2.05, 4.69) is 5.32 Å². The number of nitrogens with zero attached hydrogens (tertiary/aromatic N) is 2. The second-order valence-corrected chi connectivity index (χ2v) is 11.9. The first-order valence-electron chi connectivity index (χ1n) is 12.7. The van der Waals surface area contributed by atoms with Gasteiger partial charge in [-0.1, -0.05) is 59.6 Å². The maximum absolute atomic E-state index is 14.1. The first kappa shape index (κ1) is 32.0. The number of ether oxygens (including phenoxy) is 2. The summed E-state index contributed by atoms with van der Waals surface area (Å²) in [5, 5.41) is 3.52. The van der Waals surface area contributed by atoms with Crippen LogP contribution in [0.1, 0.15) is 18.1 Å². The zero-order valence-corrected chi connectivity index (χ0v) is 25.6. The topological polar surface area (TPSA) is 105 Å². The first-order chi connectivity index (χ1) is 19.5. The van der Waals surface area contributed by atoms with Crippen molar-refractivity contribution in [1.82, 2.24) is 10.2 Å². The Bertz CT molecular complexity index is 1470. The number of sulfonamides is 1. The van der Waals surface area contributed by atoms with Crippen LogP contribution in [0.3, 0.4) is 0 Å². The fraction of sp³-hybridized carbons (Fsp3) is 0.310. The van der Waals surface area contributed by atoms with E-state index in [1.807, 2.05) is 30.3 Å². The van der Waals surface area contributed by atoms with E-state index in [4.69, 9.17) is 32.7 Å². The molecule has 2 amide bonds. The highest BCUT2D eigenvalue weighted by atomic mass is 35.5. The normalized spacial score (nSPS) is 11.9. The highest BCUT2D eigenvalue weighted by molar-refractivity contribution is 7.92. The number of halogens is 2. The zero-order valence-electron chi connectivity index (χ0n) is 23.3. The summed E-state index contributed by atoms with van der Waals surface area (Å²) in [6.45, 7) is 1.45. The zero-order chi connectivity index (χ0) is 30.2. The van der Waals surface area contributed by atoms with E-state index in [9.17, 15) is 18.0 Å². The summed E-state index contributed by atoms with van der Waals surface area (Å²) in [6.07, 6.45) is 1.18. The van der Waals surface area contributed by atoms with Crippen molar-refractivity contribution in [3.8, 4) is 11.5 Å². The summed E-state index contributed by atoms with van der Waals surface area (Å²) in [4.78, 5) is 28.9. The molecule has 3 rings (SSSR count). The quantitative estimate of drug-likeness (QED) is 0.300. The van der Waals surface area contributed by atoms with Gasteiger partial charge in [-0.25, -0.2) is 8.42 Å². The molecule has 3 aromatic carbocycles. The summed E-state index contributed by atoms with van der Waals surface area (Å²) in [5.41, 5.74) is 1.51. The van der Waals surface area contributed by atoms with Crippen molar-refractivity contribution in [2.75, 3.05) is 37.9 Å². The lowest BCUT2D eigenvalue weighted by Crippen LogP contribution is -2.53. The predicted octanol–water partition coefficient (Wildman–Crippen LogP) is 4.55. The molecular formula is C29H33Cl2N3O6S. The third-order valence-electron chi connectivity index (χ3n) is 6.31. The highest BCUT2D eigenvalue weighted by Crippen LogP contribution is 2.34. The molecule has 0 saturated heterocycles. The van der Waals surface area contributed by atoms with Gasteiger partial charge in [0.05, 0.1) is 26.2 Å². The van der Waals surface area contributed by atoms with Crippen LogP contribution in [0.4, 0.5) is 5.69 Å². The molecule has 220 valence electrons. The number of likely N-dealkylation sites (N-methyl/N-ethyl adjacent to an activating group) is 1. The Kier molecular flexibility index (Phi) is 11.3. The minimum atomic E-state index is -3.98. The summed E-state index contributed by atoms with van der Waals surface area (Å²) in [7, 11) is -1.12. The van der Waals surface area contributed by atoms with Gasteiger partial charge < -0.3 is 19.7 Å². The largest absolute Gasteiger partial charge is 0.497 e. The van der Waals surface area contributed by atoms with E-state index in [0.29, 0.717) is 27.9 Å². The Balaban J connectivity index is 2.10. The average molecular weight is 623 g/mol. The lowest BCUT2D eigenvalue weighted by atomic mass is 10.0. The molecule has 1 N–H and O–H groups in total. The fourth-order valence-corrected chi connectivity index (χ4v) is 5.59. The number of anilines is 1. The Hall–Kier alpha value is -3.47. The van der Waals surface area contributed by atoms with Crippen LogP contribution >= 0.6 is 23.2 Å². The molecule has 0 aliphatic carbocycles. The number of methoxy groups -OCH3 is 2. The highest BCUT2D eigenvalue weighted by Gasteiger charge is 2.34. The van der Waals surface area contributed by atoms with Crippen LogP contribution in [0.5, 0.6) is 11.5 Å². The number of carbonyl (C=O) groups is 2. The minimum absolute atomic E-state index is 0.0686. The molecule has 9 nitrogen and oxygen atoms in total. The number of carbonyl (C=O) groups excluding carboxylic acids is 2. The molecule has 1 atom stereocenters. The second kappa shape index (κ2) is 14.4. The SMILES string of the molecule is CCNC(=O)[C@@H](Cc1ccccc1)N(Cc1ccc(Cl)cc1Cl)C(=O)CN(c1ccc(OC)cc1OC)S(C)(=O)=O. The molecule has 0 spiro atoms. The molecule has 0 bridgehead atoms. The van der Waals surface area contributed by atoms with Crippen LogP contribution < -0.4 is 19.1 Å². The van der Waals surface area contributed by atoms with E-state index in [1.165, 1.54) is 31.3 Å². The minimum Gasteiger partial charge on any atom is -0.497 e. The lowest BCUT2D eigenvalue weighted by Gasteiger charge is -2.34. The molecule has 0 aliphatic heterocycles. The van der Waals surface area contributed by atoms with Crippen LogP contribution in [-0.4, -0.2) is 64.7 Å². The molecule has 0 unspecified atom stereocenters. The molecule has 0 radical (unpaired) electrons. The van der Waals surface area contributed by atoms with Crippen molar-refractivity contribution >= 4 is 50.7 Å². The van der Waals surface area contributed by atoms with Crippen molar-refractivity contribution in [3.63, 3.8) is 0 Å². The fourth-order valence-electron chi connectivity index (χ4n) is 4.27. The maximum Gasteiger partial charge on any atom is 0.244 e. The number of hydrogen-bond donors (Lipinski definition) is 1. The summed E-state index contributed by atoms with van der Waals surface area (Å²) < 4.78 is 37.6. The lowest BCUT2D eigenvalue weighted by molar-refractivity contribution is -0.140. The molecule has 0 aromatic heterocycles. The van der Waals surface area contributed by atoms with Gasteiger partial charge in [-0.05, 0) is 42.3 Å². The predicted molar refractivity (Wildman–Crippen MR) is 161 cm³/mol. The van der Waals surface area contributed by atoms with E-state index < -0.39 is 28.5 Å². The number of nitrogens with one attached hydrogen (secondary N) is 1. The van der Waals surface area contributed by atoms with E-state index in [-0.39, 0.29) is 30.3 Å². The first-order valence-corrected chi connectivity index (χ1v) is 15.3. The Morgan fingerprint density at radius 2 is 1.68 bits per heavy atom. The standard InChI is InChI=1S/C29H33Cl2N3O6S/c1-5-32-29(36)26(15-20-9-7-6-8-10-20)33(18-21-11-12-22(30)16-24(21)31)28(35)19-34(41(4,37)38)25-14-13-23(39-2)17-27(25)40-3/h6-14,16-17,26H,5,15,18-19H2,1-4H3,(H,32,36)/t26-/m1/s1. The maximum atomic E-state index is 14.1. The van der Waals surface area contributed by atoms with Crippen LogP contribution in [-0.2, 0) is 32.6 Å². The molecule has 0 saturated carbocycles. The summed E-state index contributed by atoms with van der Waals surface area (Å²) >= 11 is 12.6. The average Bonchev–Trinajstić information content (AvgIpc) is 2.94. The smallest absolute Gasteiger partial charge is 0.244 e. The molecule has 41 heavy (non-hydrogen) atoms. The summed E-state index contributed by atoms with van der Waals surface area (Å²) in [6, 6.07) is 17.7. The van der Waals surface area contributed by atoms with E-state index >= 15 is 0 Å². The van der Waals surface area contributed by atoms with Gasteiger partial charge in [0, 0.05) is 35.6 Å². The number of hydrogen-bond acceptors (Lipinski definition) is 6. The number of amides is 2. The molecule has 0 aliphatic rings. The van der Waals surface area contributed by atoms with Gasteiger partial charge in [-0.2, -0.15) is 0 Å². The van der Waals surface area contributed by atoms with Crippen LogP contribution in [0, 0.1) is 0 Å². The van der Waals surface area contributed by atoms with Crippen LogP contribution in [0.2, 0.25) is 10.0 Å². The Morgan fingerprint density at radius 3 is 2.27 bits per heavy atom. The van der Waals surface area contributed by atoms with Gasteiger partial charge in [0.1, 0.15) is 24.1 Å². The second-order valence-electron chi connectivity index (χ2n) is 9.16. The Labute approximate surface area is 251 Å².